The van der Waals surface area contributed by atoms with E-state index in [0.29, 0.717) is 0 Å². The molecule has 0 radical (unpaired) electrons. The quantitative estimate of drug-likeness (QED) is 0.506. The highest BCUT2D eigenvalue weighted by molar-refractivity contribution is 5.26. The molecule has 0 N–H and O–H groups in total. The first-order valence-corrected chi connectivity index (χ1v) is 3.59. The second-order valence-electron chi connectivity index (χ2n) is 2.12. The monoisotopic (exact) mass is 124 g/mol. The van der Waals surface area contributed by atoms with Gasteiger partial charge in [-0.15, -0.1) is 0 Å². The van der Waals surface area contributed by atoms with Gasteiger partial charge in [0, 0.05) is 0 Å². The van der Waals surface area contributed by atoms with Crippen LogP contribution in [0, 0.1) is 0 Å². The Morgan fingerprint density at radius 3 is 2.00 bits per heavy atom. The van der Waals surface area contributed by atoms with E-state index in [9.17, 15) is 0 Å². The second-order valence-corrected chi connectivity index (χ2v) is 2.12. The molecule has 0 aromatic heterocycles. The summed E-state index contributed by atoms with van der Waals surface area (Å²) in [5, 5.41) is 0. The molecule has 0 saturated heterocycles. The molecule has 0 amide bonds. The third-order valence-electron chi connectivity index (χ3n) is 1.61. The lowest BCUT2D eigenvalue weighted by molar-refractivity contribution is 1.03. The smallest absolute Gasteiger partial charge is 0.0308 e. The fourth-order valence-corrected chi connectivity index (χ4v) is 0.885. The van der Waals surface area contributed by atoms with E-state index in [1.54, 1.807) is 0 Å². The van der Waals surface area contributed by atoms with Crippen LogP contribution >= 0.6 is 0 Å². The summed E-state index contributed by atoms with van der Waals surface area (Å²) in [7, 11) is 0. The first kappa shape index (κ1) is 8.48. The standard InChI is InChI=1S/C9H16/c1-5-8(4)9(6-2)7-3/h6H,4-5,7H2,1-3H3. The van der Waals surface area contributed by atoms with Crippen LogP contribution in [0.25, 0.3) is 0 Å². The van der Waals surface area contributed by atoms with Crippen LogP contribution in [0.4, 0.5) is 0 Å². The molecular formula is C9H16. The Morgan fingerprint density at radius 2 is 1.89 bits per heavy atom. The summed E-state index contributed by atoms with van der Waals surface area (Å²) in [6.45, 7) is 10.3. The molecule has 9 heavy (non-hydrogen) atoms. The van der Waals surface area contributed by atoms with E-state index in [-0.39, 0.29) is 0 Å². The maximum Gasteiger partial charge on any atom is -0.0308 e. The minimum absolute atomic E-state index is 1.08. The second kappa shape index (κ2) is 4.37. The van der Waals surface area contributed by atoms with Gasteiger partial charge in [0.25, 0.3) is 0 Å². The van der Waals surface area contributed by atoms with Gasteiger partial charge in [-0.3, -0.25) is 0 Å². The van der Waals surface area contributed by atoms with E-state index in [2.05, 4.69) is 33.4 Å². The van der Waals surface area contributed by atoms with Crippen LogP contribution in [0.2, 0.25) is 0 Å². The molecule has 0 atom stereocenters. The molecule has 0 heteroatoms. The van der Waals surface area contributed by atoms with Crippen molar-refractivity contribution in [2.24, 2.45) is 0 Å². The summed E-state index contributed by atoms with van der Waals surface area (Å²) in [6.07, 6.45) is 4.34. The first-order valence-electron chi connectivity index (χ1n) is 3.59. The molecule has 0 saturated carbocycles. The van der Waals surface area contributed by atoms with Crippen molar-refractivity contribution in [1.29, 1.82) is 0 Å². The van der Waals surface area contributed by atoms with E-state index in [1.165, 1.54) is 11.1 Å². The average Bonchev–Trinajstić information content (AvgIpc) is 1.90. The summed E-state index contributed by atoms with van der Waals surface area (Å²) >= 11 is 0. The lowest BCUT2D eigenvalue weighted by Crippen LogP contribution is -1.82. The zero-order valence-electron chi connectivity index (χ0n) is 6.70. The Bertz CT molecular complexity index is 118. The molecule has 52 valence electrons. The van der Waals surface area contributed by atoms with E-state index < -0.39 is 0 Å². The van der Waals surface area contributed by atoms with Crippen LogP contribution in [-0.2, 0) is 0 Å². The van der Waals surface area contributed by atoms with Crippen LogP contribution in [0.15, 0.2) is 23.8 Å². The summed E-state index contributed by atoms with van der Waals surface area (Å²) in [5.41, 5.74) is 2.68. The number of hydrogen-bond acceptors (Lipinski definition) is 0. The van der Waals surface area contributed by atoms with Gasteiger partial charge in [0.1, 0.15) is 0 Å². The fourth-order valence-electron chi connectivity index (χ4n) is 0.885. The van der Waals surface area contributed by atoms with Gasteiger partial charge in [0.15, 0.2) is 0 Å². The van der Waals surface area contributed by atoms with E-state index in [4.69, 9.17) is 0 Å². The average molecular weight is 124 g/mol. The lowest BCUT2D eigenvalue weighted by Gasteiger charge is -2.03. The number of rotatable bonds is 3. The normalized spacial score (nSPS) is 11.7. The highest BCUT2D eigenvalue weighted by Gasteiger charge is 1.93. The maximum absolute atomic E-state index is 3.95. The summed E-state index contributed by atoms with van der Waals surface area (Å²) in [6, 6.07) is 0. The van der Waals surface area contributed by atoms with Crippen molar-refractivity contribution in [3.8, 4) is 0 Å². The van der Waals surface area contributed by atoms with Crippen LogP contribution in [0.1, 0.15) is 33.6 Å². The van der Waals surface area contributed by atoms with Gasteiger partial charge in [0.05, 0.1) is 0 Å². The molecule has 0 heterocycles. The molecule has 0 aromatic rings. The van der Waals surface area contributed by atoms with Crippen molar-refractivity contribution in [2.45, 2.75) is 33.6 Å². The zero-order chi connectivity index (χ0) is 7.28. The third-order valence-corrected chi connectivity index (χ3v) is 1.61. The predicted molar refractivity (Wildman–Crippen MR) is 43.5 cm³/mol. The van der Waals surface area contributed by atoms with Crippen molar-refractivity contribution < 1.29 is 0 Å². The molecule has 0 aromatic carbocycles. The van der Waals surface area contributed by atoms with Crippen molar-refractivity contribution in [3.05, 3.63) is 23.8 Å². The summed E-state index contributed by atoms with van der Waals surface area (Å²) < 4.78 is 0. The molecule has 0 fully saturated rings. The van der Waals surface area contributed by atoms with E-state index >= 15 is 0 Å². The van der Waals surface area contributed by atoms with Crippen LogP contribution < -0.4 is 0 Å². The van der Waals surface area contributed by atoms with Gasteiger partial charge in [-0.25, -0.2) is 0 Å². The topological polar surface area (TPSA) is 0 Å². The Labute approximate surface area is 58.3 Å². The molecule has 0 rings (SSSR count). The number of hydrogen-bond donors (Lipinski definition) is 0. The zero-order valence-corrected chi connectivity index (χ0v) is 6.70. The maximum atomic E-state index is 3.95. The van der Waals surface area contributed by atoms with Crippen LogP contribution in [0.5, 0.6) is 0 Å². The van der Waals surface area contributed by atoms with Gasteiger partial charge in [-0.05, 0) is 25.3 Å². The lowest BCUT2D eigenvalue weighted by atomic mass is 10.0. The van der Waals surface area contributed by atoms with Gasteiger partial charge in [-0.1, -0.05) is 32.1 Å². The van der Waals surface area contributed by atoms with Crippen LogP contribution in [0.3, 0.4) is 0 Å². The summed E-state index contributed by atoms with van der Waals surface area (Å²) in [5.74, 6) is 0. The molecule has 0 unspecified atom stereocenters. The minimum atomic E-state index is 1.08. The largest absolute Gasteiger partial charge is 0.0956 e. The van der Waals surface area contributed by atoms with Crippen LogP contribution in [-0.4, -0.2) is 0 Å². The van der Waals surface area contributed by atoms with Crippen molar-refractivity contribution in [2.75, 3.05) is 0 Å². The van der Waals surface area contributed by atoms with E-state index in [1.807, 2.05) is 0 Å². The molecule has 0 bridgehead atoms. The Balaban J connectivity index is 3.97. The first-order chi connectivity index (χ1) is 4.26. The molecule has 0 aliphatic carbocycles. The highest BCUT2D eigenvalue weighted by Crippen LogP contribution is 2.13. The van der Waals surface area contributed by atoms with Gasteiger partial charge in [0.2, 0.25) is 0 Å². The van der Waals surface area contributed by atoms with Crippen molar-refractivity contribution in [1.82, 2.24) is 0 Å². The van der Waals surface area contributed by atoms with Gasteiger partial charge in [-0.2, -0.15) is 0 Å². The summed E-state index contributed by atoms with van der Waals surface area (Å²) in [4.78, 5) is 0. The molecule has 0 spiro atoms. The SMILES string of the molecule is C=C(CC)C(=CC)CC. The molecule has 0 nitrogen and oxygen atoms in total. The molecular weight excluding hydrogens is 108 g/mol. The third kappa shape index (κ3) is 2.50. The van der Waals surface area contributed by atoms with Crippen molar-refractivity contribution >= 4 is 0 Å². The van der Waals surface area contributed by atoms with E-state index in [0.717, 1.165) is 12.8 Å². The minimum Gasteiger partial charge on any atom is -0.0956 e. The molecule has 0 aliphatic rings. The fraction of sp³-hybridized carbons (Fsp3) is 0.556. The van der Waals surface area contributed by atoms with Gasteiger partial charge >= 0.3 is 0 Å². The predicted octanol–water partition coefficient (Wildman–Crippen LogP) is 3.31. The molecule has 0 aliphatic heterocycles. The Kier molecular flexibility index (Phi) is 4.12. The van der Waals surface area contributed by atoms with Gasteiger partial charge < -0.3 is 0 Å². The van der Waals surface area contributed by atoms with Crippen molar-refractivity contribution in [3.63, 3.8) is 0 Å². The Hall–Kier alpha value is -0.520. The highest BCUT2D eigenvalue weighted by atomic mass is 14.0. The Morgan fingerprint density at radius 1 is 1.33 bits per heavy atom. The number of allylic oxidation sites excluding steroid dienone is 3.